The number of rotatable bonds is 5. The van der Waals surface area contributed by atoms with Crippen LogP contribution in [0.5, 0.6) is 0 Å². The topological polar surface area (TPSA) is 70.9 Å². The number of H-pyrrole nitrogens is 1. The molecule has 3 rings (SSSR count). The molecule has 0 aliphatic carbocycles. The highest BCUT2D eigenvalue weighted by Crippen LogP contribution is 2.29. The SMILES string of the molecule is Cc1cc(C(=O)N[C@H](C)Cc2ccc(-c3ccc(Cl)c(Cl)c3)o2)[nH]n1. The number of amides is 1. The predicted octanol–water partition coefficient (Wildman–Crippen LogP) is 4.65. The highest BCUT2D eigenvalue weighted by atomic mass is 35.5. The Labute approximate surface area is 155 Å². The summed E-state index contributed by atoms with van der Waals surface area (Å²) in [7, 11) is 0. The molecule has 7 heteroatoms. The number of carbonyl (C=O) groups excluding carboxylic acids is 1. The minimum atomic E-state index is -0.190. The van der Waals surface area contributed by atoms with Crippen LogP contribution in [0.25, 0.3) is 11.3 Å². The Bertz CT molecular complexity index is 901. The lowest BCUT2D eigenvalue weighted by atomic mass is 10.1. The lowest BCUT2D eigenvalue weighted by Gasteiger charge is -2.11. The van der Waals surface area contributed by atoms with E-state index in [9.17, 15) is 4.79 Å². The second-order valence-corrected chi connectivity index (χ2v) is 6.71. The van der Waals surface area contributed by atoms with Crippen molar-refractivity contribution >= 4 is 29.1 Å². The summed E-state index contributed by atoms with van der Waals surface area (Å²) < 4.78 is 5.85. The lowest BCUT2D eigenvalue weighted by Crippen LogP contribution is -2.34. The third-order valence-corrected chi connectivity index (χ3v) is 4.44. The van der Waals surface area contributed by atoms with Crippen molar-refractivity contribution < 1.29 is 9.21 Å². The highest BCUT2D eigenvalue weighted by Gasteiger charge is 2.14. The number of furan rings is 1. The van der Waals surface area contributed by atoms with Gasteiger partial charge in [0.15, 0.2) is 0 Å². The van der Waals surface area contributed by atoms with E-state index in [0.717, 1.165) is 17.0 Å². The molecule has 5 nitrogen and oxygen atoms in total. The zero-order valence-electron chi connectivity index (χ0n) is 13.8. The molecule has 0 radical (unpaired) electrons. The van der Waals surface area contributed by atoms with Crippen LogP contribution in [0.15, 0.2) is 40.8 Å². The first-order chi connectivity index (χ1) is 11.9. The minimum absolute atomic E-state index is 0.0936. The maximum atomic E-state index is 12.1. The second-order valence-electron chi connectivity index (χ2n) is 5.90. The third-order valence-electron chi connectivity index (χ3n) is 3.70. The summed E-state index contributed by atoms with van der Waals surface area (Å²) in [5.41, 5.74) is 2.07. The van der Waals surface area contributed by atoms with E-state index in [1.165, 1.54) is 0 Å². The van der Waals surface area contributed by atoms with E-state index in [4.69, 9.17) is 27.6 Å². The number of benzene rings is 1. The van der Waals surface area contributed by atoms with Crippen LogP contribution in [-0.4, -0.2) is 22.1 Å². The zero-order valence-corrected chi connectivity index (χ0v) is 15.3. The number of aromatic nitrogens is 2. The maximum Gasteiger partial charge on any atom is 0.269 e. The van der Waals surface area contributed by atoms with Gasteiger partial charge in [0.2, 0.25) is 0 Å². The monoisotopic (exact) mass is 377 g/mol. The van der Waals surface area contributed by atoms with Gasteiger partial charge in [0.25, 0.3) is 5.91 Å². The molecule has 0 aliphatic rings. The van der Waals surface area contributed by atoms with E-state index in [2.05, 4.69) is 15.5 Å². The van der Waals surface area contributed by atoms with E-state index in [1.54, 1.807) is 18.2 Å². The smallest absolute Gasteiger partial charge is 0.269 e. The van der Waals surface area contributed by atoms with Crippen LogP contribution < -0.4 is 5.32 Å². The number of nitrogens with zero attached hydrogens (tertiary/aromatic N) is 1. The summed E-state index contributed by atoms with van der Waals surface area (Å²) in [5, 5.41) is 10.6. The first-order valence-corrected chi connectivity index (χ1v) is 8.55. The van der Waals surface area contributed by atoms with Gasteiger partial charge < -0.3 is 9.73 Å². The zero-order chi connectivity index (χ0) is 18.0. The number of nitrogens with one attached hydrogen (secondary N) is 2. The molecule has 0 saturated heterocycles. The van der Waals surface area contributed by atoms with Crippen LogP contribution in [0.4, 0.5) is 0 Å². The van der Waals surface area contributed by atoms with E-state index < -0.39 is 0 Å². The molecule has 0 fully saturated rings. The fourth-order valence-corrected chi connectivity index (χ4v) is 2.78. The summed E-state index contributed by atoms with van der Waals surface area (Å²) in [5.74, 6) is 1.29. The summed E-state index contributed by atoms with van der Waals surface area (Å²) in [6, 6.07) is 10.7. The molecule has 25 heavy (non-hydrogen) atoms. The molecule has 2 heterocycles. The Kier molecular flexibility index (Phi) is 5.16. The predicted molar refractivity (Wildman–Crippen MR) is 98.1 cm³/mol. The van der Waals surface area contributed by atoms with E-state index in [1.807, 2.05) is 32.0 Å². The van der Waals surface area contributed by atoms with Crippen molar-refractivity contribution in [1.29, 1.82) is 0 Å². The molecular formula is C18H17Cl2N3O2. The van der Waals surface area contributed by atoms with Crippen LogP contribution in [0.2, 0.25) is 10.0 Å². The van der Waals surface area contributed by atoms with Crippen LogP contribution in [0.3, 0.4) is 0 Å². The van der Waals surface area contributed by atoms with Crippen molar-refractivity contribution in [2.24, 2.45) is 0 Å². The van der Waals surface area contributed by atoms with E-state index in [0.29, 0.717) is 27.9 Å². The number of halogens is 2. The Morgan fingerprint density at radius 2 is 2.04 bits per heavy atom. The lowest BCUT2D eigenvalue weighted by molar-refractivity contribution is 0.0934. The molecule has 0 spiro atoms. The maximum absolute atomic E-state index is 12.1. The molecule has 130 valence electrons. The Hall–Kier alpha value is -2.24. The average molecular weight is 378 g/mol. The van der Waals surface area contributed by atoms with Gasteiger partial charge in [0.1, 0.15) is 17.2 Å². The van der Waals surface area contributed by atoms with Crippen molar-refractivity contribution in [2.45, 2.75) is 26.3 Å². The molecule has 1 aromatic carbocycles. The van der Waals surface area contributed by atoms with Gasteiger partial charge in [-0.2, -0.15) is 5.10 Å². The molecule has 0 aliphatic heterocycles. The van der Waals surface area contributed by atoms with Crippen molar-refractivity contribution in [1.82, 2.24) is 15.5 Å². The largest absolute Gasteiger partial charge is 0.461 e. The molecule has 0 unspecified atom stereocenters. The molecule has 0 saturated carbocycles. The Morgan fingerprint density at radius 3 is 2.72 bits per heavy atom. The molecule has 0 bridgehead atoms. The van der Waals surface area contributed by atoms with Crippen LogP contribution in [0, 0.1) is 6.92 Å². The van der Waals surface area contributed by atoms with E-state index in [-0.39, 0.29) is 11.9 Å². The number of hydrogen-bond acceptors (Lipinski definition) is 3. The van der Waals surface area contributed by atoms with Gasteiger partial charge >= 0.3 is 0 Å². The molecule has 2 N–H and O–H groups in total. The van der Waals surface area contributed by atoms with Crippen LogP contribution in [-0.2, 0) is 6.42 Å². The van der Waals surface area contributed by atoms with Gasteiger partial charge in [-0.3, -0.25) is 9.89 Å². The summed E-state index contributed by atoms with van der Waals surface area (Å²) >= 11 is 12.0. The number of aromatic amines is 1. The molecule has 1 atom stereocenters. The fraction of sp³-hybridized carbons (Fsp3) is 0.222. The van der Waals surface area contributed by atoms with Crippen molar-refractivity contribution in [3.8, 4) is 11.3 Å². The van der Waals surface area contributed by atoms with Crippen LogP contribution >= 0.6 is 23.2 Å². The summed E-state index contributed by atoms with van der Waals surface area (Å²) in [4.78, 5) is 12.1. The van der Waals surface area contributed by atoms with Crippen molar-refractivity contribution in [3.05, 3.63) is 63.6 Å². The third kappa shape index (κ3) is 4.24. The molecule has 3 aromatic rings. The average Bonchev–Trinajstić information content (AvgIpc) is 3.19. The van der Waals surface area contributed by atoms with Gasteiger partial charge in [-0.1, -0.05) is 23.2 Å². The Balaban J connectivity index is 1.64. The minimum Gasteiger partial charge on any atom is -0.461 e. The van der Waals surface area contributed by atoms with E-state index >= 15 is 0 Å². The number of carbonyl (C=O) groups is 1. The first-order valence-electron chi connectivity index (χ1n) is 7.79. The quantitative estimate of drug-likeness (QED) is 0.679. The highest BCUT2D eigenvalue weighted by molar-refractivity contribution is 6.42. The molecule has 1 amide bonds. The van der Waals surface area contributed by atoms with Gasteiger partial charge in [0, 0.05) is 18.0 Å². The first kappa shape index (κ1) is 17.6. The van der Waals surface area contributed by atoms with Gasteiger partial charge in [-0.05, 0) is 50.2 Å². The summed E-state index contributed by atoms with van der Waals surface area (Å²) in [6.45, 7) is 3.74. The normalized spacial score (nSPS) is 12.2. The molecular weight excluding hydrogens is 361 g/mol. The summed E-state index contributed by atoms with van der Waals surface area (Å²) in [6.07, 6.45) is 0.570. The van der Waals surface area contributed by atoms with Gasteiger partial charge in [-0.15, -0.1) is 0 Å². The standard InChI is InChI=1S/C18H17Cl2N3O2/c1-10(21-18(24)16-8-11(2)22-23-16)7-13-4-6-17(25-13)12-3-5-14(19)15(20)9-12/h3-6,8-10H,7H2,1-2H3,(H,21,24)(H,22,23)/t10-/m1/s1. The second kappa shape index (κ2) is 7.33. The van der Waals surface area contributed by atoms with Crippen LogP contribution in [0.1, 0.15) is 28.9 Å². The van der Waals surface area contributed by atoms with Gasteiger partial charge in [0.05, 0.1) is 15.7 Å². The number of aryl methyl sites for hydroxylation is 1. The van der Waals surface area contributed by atoms with Crippen molar-refractivity contribution in [3.63, 3.8) is 0 Å². The van der Waals surface area contributed by atoms with Gasteiger partial charge in [-0.25, -0.2) is 0 Å². The fourth-order valence-electron chi connectivity index (χ4n) is 2.48. The Morgan fingerprint density at radius 1 is 1.24 bits per heavy atom. The molecule has 2 aromatic heterocycles. The number of hydrogen-bond donors (Lipinski definition) is 2. The van der Waals surface area contributed by atoms with Crippen molar-refractivity contribution in [2.75, 3.05) is 0 Å².